The van der Waals surface area contributed by atoms with Crippen LogP contribution in [0.15, 0.2) is 11.5 Å². The van der Waals surface area contributed by atoms with Crippen LogP contribution in [0.1, 0.15) is 0 Å². The quantitative estimate of drug-likeness (QED) is 0.632. The molecule has 1 unspecified atom stereocenters. The normalized spacial score (nSPS) is 14.4. The lowest BCUT2D eigenvalue weighted by molar-refractivity contribution is -0.122. The van der Waals surface area contributed by atoms with Crippen LogP contribution in [0.25, 0.3) is 0 Å². The van der Waals surface area contributed by atoms with E-state index in [-0.39, 0.29) is 5.75 Å². The maximum Gasteiger partial charge on any atom is 0.402 e. The highest BCUT2D eigenvalue weighted by Crippen LogP contribution is 2.30. The molecule has 14 heavy (non-hydrogen) atoms. The number of rotatable bonds is 3. The molecule has 80 valence electrons. The van der Waals surface area contributed by atoms with Gasteiger partial charge in [0.05, 0.1) is 0 Å². The summed E-state index contributed by atoms with van der Waals surface area (Å²) in [6.45, 7) is 0. The molecule has 0 aromatic carbocycles. The van der Waals surface area contributed by atoms with Crippen molar-refractivity contribution in [3.63, 3.8) is 0 Å². The molecule has 0 aliphatic carbocycles. The molecule has 3 nitrogen and oxygen atoms in total. The summed E-state index contributed by atoms with van der Waals surface area (Å²) in [6, 6.07) is 0. The van der Waals surface area contributed by atoms with E-state index in [4.69, 9.17) is 0 Å². The number of nitrogens with zero attached hydrogens (tertiary/aromatic N) is 3. The summed E-state index contributed by atoms with van der Waals surface area (Å²) < 4.78 is 37.7. The molecule has 0 amide bonds. The smallest absolute Gasteiger partial charge is 0.244 e. The van der Waals surface area contributed by atoms with Crippen molar-refractivity contribution in [1.82, 2.24) is 14.8 Å². The van der Waals surface area contributed by atoms with Gasteiger partial charge in [-0.25, -0.2) is 9.67 Å². The zero-order valence-electron chi connectivity index (χ0n) is 7.12. The number of aryl methyl sites for hydroxylation is 1. The van der Waals surface area contributed by atoms with Crippen molar-refractivity contribution in [1.29, 1.82) is 0 Å². The SMILES string of the molecule is Cn1ncnc1SCC(Br)C(F)(F)F. The molecule has 0 radical (unpaired) electrons. The van der Waals surface area contributed by atoms with Gasteiger partial charge in [0.25, 0.3) is 0 Å². The number of alkyl halides is 4. The predicted molar refractivity (Wildman–Crippen MR) is 50.5 cm³/mol. The molecule has 0 spiro atoms. The molecule has 0 aliphatic rings. The fraction of sp³-hybridized carbons (Fsp3) is 0.667. The van der Waals surface area contributed by atoms with E-state index in [1.807, 2.05) is 0 Å². The fourth-order valence-electron chi connectivity index (χ4n) is 0.658. The molecule has 1 heterocycles. The predicted octanol–water partition coefficient (Wildman–Crippen LogP) is 2.23. The summed E-state index contributed by atoms with van der Waals surface area (Å²) in [4.78, 5) is 2.28. The summed E-state index contributed by atoms with van der Waals surface area (Å²) in [5.74, 6) is -0.115. The summed E-state index contributed by atoms with van der Waals surface area (Å²) in [5, 5.41) is 4.22. The minimum absolute atomic E-state index is 0.115. The Morgan fingerprint density at radius 3 is 2.71 bits per heavy atom. The van der Waals surface area contributed by atoms with E-state index in [0.29, 0.717) is 5.16 Å². The van der Waals surface area contributed by atoms with Gasteiger partial charge in [-0.15, -0.1) is 0 Å². The molecule has 1 aromatic rings. The van der Waals surface area contributed by atoms with Crippen molar-refractivity contribution in [3.8, 4) is 0 Å². The van der Waals surface area contributed by atoms with Crippen molar-refractivity contribution in [2.24, 2.45) is 7.05 Å². The minimum Gasteiger partial charge on any atom is -0.244 e. The minimum atomic E-state index is -4.22. The molecule has 8 heteroatoms. The van der Waals surface area contributed by atoms with E-state index in [1.54, 1.807) is 7.05 Å². The van der Waals surface area contributed by atoms with Gasteiger partial charge >= 0.3 is 6.18 Å². The van der Waals surface area contributed by atoms with Crippen LogP contribution in [0.5, 0.6) is 0 Å². The van der Waals surface area contributed by atoms with Crippen LogP contribution in [0.4, 0.5) is 13.2 Å². The average Bonchev–Trinajstić information content (AvgIpc) is 2.45. The van der Waals surface area contributed by atoms with Gasteiger partial charge in [-0.1, -0.05) is 27.7 Å². The van der Waals surface area contributed by atoms with Crippen molar-refractivity contribution < 1.29 is 13.2 Å². The third-order valence-electron chi connectivity index (χ3n) is 1.38. The van der Waals surface area contributed by atoms with Gasteiger partial charge < -0.3 is 0 Å². The zero-order chi connectivity index (χ0) is 10.8. The van der Waals surface area contributed by atoms with Crippen molar-refractivity contribution >= 4 is 27.7 Å². The van der Waals surface area contributed by atoms with Crippen LogP contribution >= 0.6 is 27.7 Å². The molecule has 0 aliphatic heterocycles. The van der Waals surface area contributed by atoms with Gasteiger partial charge in [-0.2, -0.15) is 18.3 Å². The third-order valence-corrected chi connectivity index (χ3v) is 3.78. The third kappa shape index (κ3) is 3.16. The molecule has 0 bridgehead atoms. The van der Waals surface area contributed by atoms with Crippen molar-refractivity contribution in [2.45, 2.75) is 16.2 Å². The fourth-order valence-corrected chi connectivity index (χ4v) is 1.90. The second-order valence-corrected chi connectivity index (χ2v) is 4.58. The maximum absolute atomic E-state index is 12.1. The first kappa shape index (κ1) is 11.8. The highest BCUT2D eigenvalue weighted by Gasteiger charge is 2.37. The van der Waals surface area contributed by atoms with Gasteiger partial charge in [0, 0.05) is 12.8 Å². The first-order valence-electron chi connectivity index (χ1n) is 3.59. The molecule has 0 fully saturated rings. The molecule has 1 atom stereocenters. The Balaban J connectivity index is 2.46. The number of thioether (sulfide) groups is 1. The lowest BCUT2D eigenvalue weighted by Gasteiger charge is -2.12. The van der Waals surface area contributed by atoms with Crippen molar-refractivity contribution in [2.75, 3.05) is 5.75 Å². The summed E-state index contributed by atoms with van der Waals surface area (Å²) in [6.07, 6.45) is -2.91. The van der Waals surface area contributed by atoms with Crippen LogP contribution < -0.4 is 0 Å². The van der Waals surface area contributed by atoms with Crippen LogP contribution in [-0.2, 0) is 7.05 Å². The van der Waals surface area contributed by atoms with E-state index >= 15 is 0 Å². The van der Waals surface area contributed by atoms with Gasteiger partial charge in [0.1, 0.15) is 11.2 Å². The molecule has 0 saturated carbocycles. The molecule has 0 N–H and O–H groups in total. The summed E-state index contributed by atoms with van der Waals surface area (Å²) >= 11 is 3.58. The first-order valence-corrected chi connectivity index (χ1v) is 5.49. The second-order valence-electron chi connectivity index (χ2n) is 2.49. The van der Waals surface area contributed by atoms with Crippen LogP contribution in [0.2, 0.25) is 0 Å². The first-order chi connectivity index (χ1) is 6.41. The summed E-state index contributed by atoms with van der Waals surface area (Å²) in [5.41, 5.74) is 0. The molecule has 1 rings (SSSR count). The van der Waals surface area contributed by atoms with Crippen LogP contribution in [0.3, 0.4) is 0 Å². The number of aromatic nitrogens is 3. The lowest BCUT2D eigenvalue weighted by atomic mass is 10.5. The van der Waals surface area contributed by atoms with E-state index in [0.717, 1.165) is 11.8 Å². The molecule has 0 saturated heterocycles. The standard InChI is InChI=1S/C6H7BrF3N3S/c1-13-5(11-3-12-13)14-2-4(7)6(8,9)10/h3-4H,2H2,1H3. The Morgan fingerprint density at radius 1 is 1.64 bits per heavy atom. The summed E-state index contributed by atoms with van der Waals surface area (Å²) in [7, 11) is 1.63. The Bertz CT molecular complexity index is 301. The van der Waals surface area contributed by atoms with Gasteiger partial charge in [0.2, 0.25) is 0 Å². The number of hydrogen-bond donors (Lipinski definition) is 0. The zero-order valence-corrected chi connectivity index (χ0v) is 9.53. The Kier molecular flexibility index (Phi) is 3.82. The van der Waals surface area contributed by atoms with E-state index in [9.17, 15) is 13.2 Å². The van der Waals surface area contributed by atoms with Crippen LogP contribution in [-0.4, -0.2) is 31.5 Å². The van der Waals surface area contributed by atoms with Crippen LogP contribution in [0, 0.1) is 0 Å². The van der Waals surface area contributed by atoms with E-state index < -0.39 is 11.0 Å². The molecule has 1 aromatic heterocycles. The molecular formula is C6H7BrF3N3S. The lowest BCUT2D eigenvalue weighted by Crippen LogP contribution is -2.25. The van der Waals surface area contributed by atoms with Crippen molar-refractivity contribution in [3.05, 3.63) is 6.33 Å². The Morgan fingerprint density at radius 2 is 2.29 bits per heavy atom. The van der Waals surface area contributed by atoms with Gasteiger partial charge in [-0.3, -0.25) is 0 Å². The van der Waals surface area contributed by atoms with Gasteiger partial charge in [-0.05, 0) is 0 Å². The molecular weight excluding hydrogens is 283 g/mol. The Labute approximate surface area is 91.2 Å². The monoisotopic (exact) mass is 289 g/mol. The second kappa shape index (κ2) is 4.52. The number of hydrogen-bond acceptors (Lipinski definition) is 3. The van der Waals surface area contributed by atoms with E-state index in [1.165, 1.54) is 11.0 Å². The number of halogens is 4. The average molecular weight is 290 g/mol. The maximum atomic E-state index is 12.1. The highest BCUT2D eigenvalue weighted by molar-refractivity contribution is 9.09. The largest absolute Gasteiger partial charge is 0.402 e. The highest BCUT2D eigenvalue weighted by atomic mass is 79.9. The topological polar surface area (TPSA) is 30.7 Å². The Hall–Kier alpha value is -0.240. The van der Waals surface area contributed by atoms with E-state index in [2.05, 4.69) is 26.0 Å². The van der Waals surface area contributed by atoms with Gasteiger partial charge in [0.15, 0.2) is 5.16 Å².